The molecule has 0 saturated heterocycles. The molecule has 2 aromatic heterocycles. The molecule has 152 valence electrons. The van der Waals surface area contributed by atoms with E-state index in [9.17, 15) is 18.0 Å². The summed E-state index contributed by atoms with van der Waals surface area (Å²) in [4.78, 5) is 16.2. The number of benzene rings is 1. The second kappa shape index (κ2) is 8.20. The number of hydrogen-bond acceptors (Lipinski definition) is 4. The maximum Gasteiger partial charge on any atom is 0.416 e. The van der Waals surface area contributed by atoms with Crippen molar-refractivity contribution in [2.45, 2.75) is 33.5 Å². The minimum atomic E-state index is -4.56. The summed E-state index contributed by atoms with van der Waals surface area (Å²) < 4.78 is 42.2. The number of nitrogens with zero attached hydrogens (tertiary/aromatic N) is 3. The number of carbonyl (C=O) groups is 1. The van der Waals surface area contributed by atoms with Crippen molar-refractivity contribution in [3.63, 3.8) is 0 Å². The van der Waals surface area contributed by atoms with Gasteiger partial charge in [0.1, 0.15) is 0 Å². The van der Waals surface area contributed by atoms with Crippen molar-refractivity contribution in [3.05, 3.63) is 68.9 Å². The molecular weight excluding hydrogens is 401 g/mol. The van der Waals surface area contributed by atoms with Crippen molar-refractivity contribution in [1.29, 1.82) is 0 Å². The van der Waals surface area contributed by atoms with Crippen molar-refractivity contribution in [2.24, 2.45) is 0 Å². The fraction of sp³-hybridized carbons (Fsp3) is 0.250. The zero-order valence-corrected chi connectivity index (χ0v) is 16.9. The Morgan fingerprint density at radius 3 is 2.59 bits per heavy atom. The van der Waals surface area contributed by atoms with Crippen LogP contribution in [0.3, 0.4) is 0 Å². The van der Waals surface area contributed by atoms with Gasteiger partial charge in [-0.15, -0.1) is 11.3 Å². The van der Waals surface area contributed by atoms with Gasteiger partial charge in [0, 0.05) is 23.7 Å². The first-order chi connectivity index (χ1) is 13.6. The predicted molar refractivity (Wildman–Crippen MR) is 106 cm³/mol. The van der Waals surface area contributed by atoms with E-state index >= 15 is 0 Å². The first-order valence-electron chi connectivity index (χ1n) is 8.75. The lowest BCUT2D eigenvalue weighted by molar-refractivity contribution is -0.138. The lowest BCUT2D eigenvalue weighted by atomic mass is 10.1. The number of halogens is 3. The molecule has 0 spiro atoms. The zero-order valence-electron chi connectivity index (χ0n) is 16.0. The van der Waals surface area contributed by atoms with Gasteiger partial charge < -0.3 is 5.32 Å². The number of thiazole rings is 1. The van der Waals surface area contributed by atoms with Crippen LogP contribution in [0.15, 0.2) is 35.7 Å². The molecule has 1 N–H and O–H groups in total. The summed E-state index contributed by atoms with van der Waals surface area (Å²) >= 11 is 1.45. The minimum absolute atomic E-state index is 0.0194. The highest BCUT2D eigenvalue weighted by Crippen LogP contribution is 2.33. The fourth-order valence-corrected chi connectivity index (χ4v) is 3.44. The van der Waals surface area contributed by atoms with E-state index in [2.05, 4.69) is 15.4 Å². The Hall–Kier alpha value is -2.94. The molecule has 0 unspecified atom stereocenters. The average Bonchev–Trinajstić information content (AvgIpc) is 3.21. The third kappa shape index (κ3) is 5.11. The third-order valence-corrected chi connectivity index (χ3v) is 4.94. The van der Waals surface area contributed by atoms with Gasteiger partial charge in [0.15, 0.2) is 0 Å². The molecule has 0 atom stereocenters. The fourth-order valence-electron chi connectivity index (χ4n) is 2.86. The van der Waals surface area contributed by atoms with E-state index in [4.69, 9.17) is 0 Å². The number of alkyl halides is 3. The average molecular weight is 420 g/mol. The second-order valence-corrected chi connectivity index (χ2v) is 7.58. The summed E-state index contributed by atoms with van der Waals surface area (Å²) in [6, 6.07) is 5.76. The number of carbonyl (C=O) groups excluding carboxylic acids is 1. The Morgan fingerprint density at radius 1 is 1.24 bits per heavy atom. The van der Waals surface area contributed by atoms with Gasteiger partial charge in [0.05, 0.1) is 27.6 Å². The number of aromatic nitrogens is 3. The standard InChI is InChI=1S/C20H19F3N4OS/c1-12-8-13(2)27(26-12)17-6-4-15(18(9-17)20(21,22)23)10-24-19(28)7-5-16-11-29-14(3)25-16/h4-9,11H,10H2,1-3H3,(H,24,28)/b7-5+. The lowest BCUT2D eigenvalue weighted by Crippen LogP contribution is -2.23. The van der Waals surface area contributed by atoms with E-state index < -0.39 is 17.6 Å². The van der Waals surface area contributed by atoms with Gasteiger partial charge in [-0.05, 0) is 50.6 Å². The van der Waals surface area contributed by atoms with E-state index in [-0.39, 0.29) is 12.1 Å². The summed E-state index contributed by atoms with van der Waals surface area (Å²) in [6.07, 6.45) is -1.78. The molecule has 0 aliphatic rings. The molecule has 0 saturated carbocycles. The van der Waals surface area contributed by atoms with Gasteiger partial charge >= 0.3 is 6.18 Å². The highest BCUT2D eigenvalue weighted by Gasteiger charge is 2.33. The van der Waals surface area contributed by atoms with Gasteiger partial charge in [-0.1, -0.05) is 6.07 Å². The third-order valence-electron chi connectivity index (χ3n) is 4.15. The molecule has 29 heavy (non-hydrogen) atoms. The molecule has 0 aliphatic heterocycles. The van der Waals surface area contributed by atoms with Gasteiger partial charge in [-0.3, -0.25) is 4.79 Å². The Labute approximate surface area is 169 Å². The summed E-state index contributed by atoms with van der Waals surface area (Å²) in [6.45, 7) is 5.15. The first-order valence-corrected chi connectivity index (χ1v) is 9.63. The van der Waals surface area contributed by atoms with Crippen molar-refractivity contribution in [2.75, 3.05) is 0 Å². The normalized spacial score (nSPS) is 11.9. The summed E-state index contributed by atoms with van der Waals surface area (Å²) in [5.74, 6) is -0.494. The van der Waals surface area contributed by atoms with Gasteiger partial charge in [0.2, 0.25) is 5.91 Å². The number of aryl methyl sites for hydroxylation is 3. The van der Waals surface area contributed by atoms with E-state index in [1.165, 1.54) is 34.2 Å². The quantitative estimate of drug-likeness (QED) is 0.614. The van der Waals surface area contributed by atoms with Crippen molar-refractivity contribution < 1.29 is 18.0 Å². The van der Waals surface area contributed by atoms with Crippen LogP contribution in [0.1, 0.15) is 33.2 Å². The zero-order chi connectivity index (χ0) is 21.2. The van der Waals surface area contributed by atoms with E-state index in [1.807, 2.05) is 6.92 Å². The molecule has 5 nitrogen and oxygen atoms in total. The van der Waals surface area contributed by atoms with Crippen LogP contribution >= 0.6 is 11.3 Å². The summed E-state index contributed by atoms with van der Waals surface area (Å²) in [5.41, 5.74) is 1.58. The molecule has 0 bridgehead atoms. The number of nitrogens with one attached hydrogen (secondary N) is 1. The monoisotopic (exact) mass is 420 g/mol. The molecule has 2 heterocycles. The molecule has 3 aromatic rings. The minimum Gasteiger partial charge on any atom is -0.348 e. The predicted octanol–water partition coefficient (Wildman–Crippen LogP) is 4.60. The van der Waals surface area contributed by atoms with Crippen LogP contribution in [-0.4, -0.2) is 20.7 Å². The Bertz CT molecular complexity index is 1070. The molecule has 0 radical (unpaired) electrons. The highest BCUT2D eigenvalue weighted by molar-refractivity contribution is 7.09. The van der Waals surface area contributed by atoms with Crippen LogP contribution in [0.4, 0.5) is 13.2 Å². The Morgan fingerprint density at radius 2 is 2.00 bits per heavy atom. The van der Waals surface area contributed by atoms with Crippen LogP contribution in [0.25, 0.3) is 11.8 Å². The summed E-state index contributed by atoms with van der Waals surface area (Å²) in [7, 11) is 0. The van der Waals surface area contributed by atoms with Crippen molar-refractivity contribution in [1.82, 2.24) is 20.1 Å². The number of hydrogen-bond donors (Lipinski definition) is 1. The Balaban J connectivity index is 1.78. The van der Waals surface area contributed by atoms with E-state index in [0.717, 1.165) is 22.5 Å². The summed E-state index contributed by atoms with van der Waals surface area (Å²) in [5, 5.41) is 9.37. The van der Waals surface area contributed by atoms with Gasteiger partial charge in [-0.2, -0.15) is 18.3 Å². The van der Waals surface area contributed by atoms with Gasteiger partial charge in [-0.25, -0.2) is 9.67 Å². The lowest BCUT2D eigenvalue weighted by Gasteiger charge is -2.15. The second-order valence-electron chi connectivity index (χ2n) is 6.52. The molecular formula is C20H19F3N4OS. The van der Waals surface area contributed by atoms with Crippen LogP contribution in [0.2, 0.25) is 0 Å². The largest absolute Gasteiger partial charge is 0.416 e. The van der Waals surface area contributed by atoms with Crippen molar-refractivity contribution >= 4 is 23.3 Å². The highest BCUT2D eigenvalue weighted by atomic mass is 32.1. The van der Waals surface area contributed by atoms with Crippen LogP contribution in [-0.2, 0) is 17.5 Å². The molecule has 9 heteroatoms. The number of amides is 1. The maximum absolute atomic E-state index is 13.6. The molecule has 0 aliphatic carbocycles. The molecule has 1 amide bonds. The topological polar surface area (TPSA) is 59.8 Å². The van der Waals surface area contributed by atoms with Crippen LogP contribution < -0.4 is 5.32 Å². The smallest absolute Gasteiger partial charge is 0.348 e. The molecule has 3 rings (SSSR count). The van der Waals surface area contributed by atoms with Crippen molar-refractivity contribution in [3.8, 4) is 5.69 Å². The van der Waals surface area contributed by atoms with E-state index in [1.54, 1.807) is 31.4 Å². The van der Waals surface area contributed by atoms with Crippen LogP contribution in [0, 0.1) is 20.8 Å². The number of rotatable bonds is 5. The SMILES string of the molecule is Cc1cc(C)n(-c2ccc(CNC(=O)/C=C/c3csc(C)n3)c(C(F)(F)F)c2)n1. The Kier molecular flexibility index (Phi) is 5.88. The molecule has 1 aromatic carbocycles. The molecule has 0 fully saturated rings. The van der Waals surface area contributed by atoms with Gasteiger partial charge in [0.25, 0.3) is 0 Å². The van der Waals surface area contributed by atoms with Crippen LogP contribution in [0.5, 0.6) is 0 Å². The van der Waals surface area contributed by atoms with E-state index in [0.29, 0.717) is 11.4 Å². The first kappa shape index (κ1) is 20.8. The maximum atomic E-state index is 13.6.